The van der Waals surface area contributed by atoms with Crippen molar-refractivity contribution in [3.05, 3.63) is 32.6 Å². The van der Waals surface area contributed by atoms with Crippen molar-refractivity contribution in [3.8, 4) is 11.8 Å². The maximum atomic E-state index is 11.9. The molecule has 20 heavy (non-hydrogen) atoms. The van der Waals surface area contributed by atoms with E-state index in [1.807, 2.05) is 13.8 Å². The number of hydrogen-bond acceptors (Lipinski definition) is 4. The van der Waals surface area contributed by atoms with Gasteiger partial charge in [0.15, 0.2) is 0 Å². The molecule has 0 radical (unpaired) electrons. The van der Waals surface area contributed by atoms with Gasteiger partial charge < -0.3 is 9.84 Å². The van der Waals surface area contributed by atoms with Crippen molar-refractivity contribution in [1.29, 1.82) is 0 Å². The number of nitrogens with one attached hydrogen (secondary N) is 1. The van der Waals surface area contributed by atoms with Gasteiger partial charge in [-0.05, 0) is 6.42 Å². The summed E-state index contributed by atoms with van der Waals surface area (Å²) in [5.74, 6) is 5.51. The first kappa shape index (κ1) is 14.6. The molecule has 3 atom stereocenters. The second kappa shape index (κ2) is 6.07. The molecule has 0 aliphatic carbocycles. The van der Waals surface area contributed by atoms with E-state index in [0.29, 0.717) is 19.3 Å². The maximum absolute atomic E-state index is 11.9. The normalized spacial score (nSPS) is 25.2. The molecule has 108 valence electrons. The second-order valence-electron chi connectivity index (χ2n) is 4.71. The fourth-order valence-corrected chi connectivity index (χ4v) is 2.23. The van der Waals surface area contributed by atoms with Crippen LogP contribution in [0, 0.1) is 11.8 Å². The van der Waals surface area contributed by atoms with Gasteiger partial charge in [0.05, 0.1) is 12.2 Å². The molecular weight excluding hydrogens is 260 g/mol. The number of aliphatic hydroxyl groups excluding tert-OH is 1. The van der Waals surface area contributed by atoms with Crippen molar-refractivity contribution >= 4 is 0 Å². The van der Waals surface area contributed by atoms with Crippen molar-refractivity contribution < 1.29 is 9.84 Å². The molecule has 0 saturated carbocycles. The Labute approximate surface area is 116 Å². The van der Waals surface area contributed by atoms with E-state index in [9.17, 15) is 14.7 Å². The van der Waals surface area contributed by atoms with E-state index in [4.69, 9.17) is 4.74 Å². The third-order valence-electron chi connectivity index (χ3n) is 3.28. The zero-order valence-electron chi connectivity index (χ0n) is 11.5. The third kappa shape index (κ3) is 2.84. The van der Waals surface area contributed by atoms with Gasteiger partial charge in [-0.25, -0.2) is 4.79 Å². The van der Waals surface area contributed by atoms with Crippen LogP contribution in [0.2, 0.25) is 0 Å². The highest BCUT2D eigenvalue weighted by Crippen LogP contribution is 2.28. The summed E-state index contributed by atoms with van der Waals surface area (Å²) in [6.45, 7) is 3.78. The molecular formula is C14H18N2O4. The van der Waals surface area contributed by atoms with Gasteiger partial charge in [-0.2, -0.15) is 0 Å². The van der Waals surface area contributed by atoms with Crippen LogP contribution in [-0.4, -0.2) is 26.9 Å². The maximum Gasteiger partial charge on any atom is 0.330 e. The predicted octanol–water partition coefficient (Wildman–Crippen LogP) is 0.356. The van der Waals surface area contributed by atoms with E-state index < -0.39 is 23.6 Å². The summed E-state index contributed by atoms with van der Waals surface area (Å²) in [7, 11) is 0. The first-order valence-corrected chi connectivity index (χ1v) is 6.74. The number of aromatic nitrogens is 2. The highest BCUT2D eigenvalue weighted by molar-refractivity contribution is 5.29. The van der Waals surface area contributed by atoms with E-state index in [-0.39, 0.29) is 11.7 Å². The molecule has 0 aromatic carbocycles. The van der Waals surface area contributed by atoms with Gasteiger partial charge in [0.25, 0.3) is 5.56 Å². The van der Waals surface area contributed by atoms with Crippen LogP contribution in [-0.2, 0) is 4.74 Å². The molecule has 2 heterocycles. The number of aromatic amines is 1. The molecule has 6 heteroatoms. The lowest BCUT2D eigenvalue weighted by Gasteiger charge is -2.14. The average molecular weight is 278 g/mol. The van der Waals surface area contributed by atoms with Crippen LogP contribution in [0.4, 0.5) is 0 Å². The number of ether oxygens (including phenoxy) is 1. The highest BCUT2D eigenvalue weighted by atomic mass is 16.5. The van der Waals surface area contributed by atoms with Crippen LogP contribution in [0.25, 0.3) is 0 Å². The Morgan fingerprint density at radius 2 is 2.25 bits per heavy atom. The molecule has 2 N–H and O–H groups in total. The van der Waals surface area contributed by atoms with E-state index in [0.717, 1.165) is 0 Å². The molecule has 1 aromatic rings. The molecule has 1 fully saturated rings. The summed E-state index contributed by atoms with van der Waals surface area (Å²) in [6.07, 6.45) is 1.55. The number of aliphatic hydroxyl groups is 1. The summed E-state index contributed by atoms with van der Waals surface area (Å²) in [4.78, 5) is 25.7. The molecule has 1 saturated heterocycles. The summed E-state index contributed by atoms with van der Waals surface area (Å²) in [5, 5.41) is 9.84. The Morgan fingerprint density at radius 1 is 1.50 bits per heavy atom. The van der Waals surface area contributed by atoms with Crippen molar-refractivity contribution in [2.75, 3.05) is 0 Å². The van der Waals surface area contributed by atoms with Crippen molar-refractivity contribution in [2.24, 2.45) is 0 Å². The number of rotatable bonds is 2. The third-order valence-corrected chi connectivity index (χ3v) is 3.28. The average Bonchev–Trinajstić information content (AvgIpc) is 2.79. The standard InChI is InChI=1S/C14H18N2O4/c1-3-5-6-9-8-16(14(19)15-13(9)18)12-7-10(17)11(4-2)20-12/h8,10-12,17H,3-4,7H2,1-2H3,(H,15,18,19)/t10-,11?,12?/m0/s1. The van der Waals surface area contributed by atoms with Crippen LogP contribution in [0.15, 0.2) is 15.8 Å². The van der Waals surface area contributed by atoms with E-state index in [1.54, 1.807) is 0 Å². The Kier molecular flexibility index (Phi) is 4.42. The number of hydrogen-bond donors (Lipinski definition) is 2. The second-order valence-corrected chi connectivity index (χ2v) is 4.71. The molecule has 1 aliphatic rings. The fourth-order valence-electron chi connectivity index (χ4n) is 2.23. The molecule has 6 nitrogen and oxygen atoms in total. The van der Waals surface area contributed by atoms with Crippen LogP contribution in [0.3, 0.4) is 0 Å². The minimum absolute atomic E-state index is 0.226. The first-order chi connectivity index (χ1) is 9.56. The van der Waals surface area contributed by atoms with Crippen molar-refractivity contribution in [2.45, 2.75) is 51.5 Å². The first-order valence-electron chi connectivity index (χ1n) is 6.74. The van der Waals surface area contributed by atoms with Gasteiger partial charge in [0, 0.05) is 19.0 Å². The zero-order chi connectivity index (χ0) is 14.7. The molecule has 0 spiro atoms. The van der Waals surface area contributed by atoms with Gasteiger partial charge in [0.1, 0.15) is 11.8 Å². The SMILES string of the molecule is CCC#Cc1cn(C2C[C@H](O)C(CC)O2)c(=O)[nH]c1=O. The Bertz CT molecular complexity index is 650. The summed E-state index contributed by atoms with van der Waals surface area (Å²) in [5.41, 5.74) is -0.826. The van der Waals surface area contributed by atoms with Gasteiger partial charge in [-0.1, -0.05) is 25.7 Å². The minimum atomic E-state index is -0.603. The van der Waals surface area contributed by atoms with Crippen LogP contribution in [0.1, 0.15) is 44.9 Å². The minimum Gasteiger partial charge on any atom is -0.390 e. The number of nitrogens with zero attached hydrogens (tertiary/aromatic N) is 1. The van der Waals surface area contributed by atoms with E-state index in [1.165, 1.54) is 10.8 Å². The van der Waals surface area contributed by atoms with Gasteiger partial charge >= 0.3 is 5.69 Å². The number of H-pyrrole nitrogens is 1. The Morgan fingerprint density at radius 3 is 2.85 bits per heavy atom. The van der Waals surface area contributed by atoms with Crippen LogP contribution in [0.5, 0.6) is 0 Å². The van der Waals surface area contributed by atoms with Crippen molar-refractivity contribution in [3.63, 3.8) is 0 Å². The molecule has 1 aromatic heterocycles. The monoisotopic (exact) mass is 278 g/mol. The lowest BCUT2D eigenvalue weighted by Crippen LogP contribution is -2.33. The Balaban J connectivity index is 2.38. The summed E-state index contributed by atoms with van der Waals surface area (Å²) < 4.78 is 6.92. The largest absolute Gasteiger partial charge is 0.390 e. The zero-order valence-corrected chi connectivity index (χ0v) is 11.5. The van der Waals surface area contributed by atoms with E-state index >= 15 is 0 Å². The van der Waals surface area contributed by atoms with Gasteiger partial charge in [-0.3, -0.25) is 14.3 Å². The van der Waals surface area contributed by atoms with Crippen LogP contribution >= 0.6 is 0 Å². The predicted molar refractivity (Wildman–Crippen MR) is 73.3 cm³/mol. The van der Waals surface area contributed by atoms with Crippen LogP contribution < -0.4 is 11.2 Å². The lowest BCUT2D eigenvalue weighted by atomic mass is 10.1. The smallest absolute Gasteiger partial charge is 0.330 e. The van der Waals surface area contributed by atoms with Gasteiger partial charge in [-0.15, -0.1) is 0 Å². The topological polar surface area (TPSA) is 84.3 Å². The molecule has 1 aliphatic heterocycles. The van der Waals surface area contributed by atoms with Crippen molar-refractivity contribution in [1.82, 2.24) is 9.55 Å². The Hall–Kier alpha value is -1.84. The van der Waals surface area contributed by atoms with E-state index in [2.05, 4.69) is 16.8 Å². The molecule has 0 bridgehead atoms. The lowest BCUT2D eigenvalue weighted by molar-refractivity contribution is -0.0218. The molecule has 2 unspecified atom stereocenters. The molecule has 0 amide bonds. The fraction of sp³-hybridized carbons (Fsp3) is 0.571. The summed E-state index contributed by atoms with van der Waals surface area (Å²) in [6, 6.07) is 0. The quantitative estimate of drug-likeness (QED) is 0.765. The molecule has 2 rings (SSSR count). The highest BCUT2D eigenvalue weighted by Gasteiger charge is 2.34. The summed E-state index contributed by atoms with van der Waals surface area (Å²) >= 11 is 0. The van der Waals surface area contributed by atoms with Gasteiger partial charge in [0.2, 0.25) is 0 Å².